The number of halogens is 1. The van der Waals surface area contributed by atoms with Gasteiger partial charge in [0.15, 0.2) is 0 Å². The Kier molecular flexibility index (Phi) is 6.96. The fraction of sp³-hybridized carbons (Fsp3) is 0.261. The minimum absolute atomic E-state index is 0. The lowest BCUT2D eigenvalue weighted by Gasteiger charge is -2.25. The summed E-state index contributed by atoms with van der Waals surface area (Å²) in [6.45, 7) is 2.11. The van der Waals surface area contributed by atoms with E-state index >= 15 is 0 Å². The van der Waals surface area contributed by atoms with Gasteiger partial charge < -0.3 is 14.2 Å². The summed E-state index contributed by atoms with van der Waals surface area (Å²) >= 11 is 1.54. The van der Waals surface area contributed by atoms with Crippen LogP contribution in [0.25, 0.3) is 12.2 Å². The molecule has 0 spiro atoms. The summed E-state index contributed by atoms with van der Waals surface area (Å²) in [5.41, 5.74) is 2.29. The van der Waals surface area contributed by atoms with Crippen LogP contribution in [0, 0.1) is 0 Å². The van der Waals surface area contributed by atoms with E-state index < -0.39 is 0 Å². The van der Waals surface area contributed by atoms with Crippen LogP contribution in [-0.2, 0) is 19.5 Å². The maximum atomic E-state index is 13.0. The number of benzene rings is 1. The molecule has 1 aliphatic rings. The van der Waals surface area contributed by atoms with Crippen molar-refractivity contribution in [1.82, 2.24) is 9.80 Å². The van der Waals surface area contributed by atoms with Gasteiger partial charge in [-0.2, -0.15) is 0 Å². The SMILES string of the molecule is CN(C)Cc1cc2c(o1)CCN(C(=O)c1ccc(/C=C\c3ccccc3)s1)C2.Cl. The first kappa shape index (κ1) is 21.4. The van der Waals surface area contributed by atoms with Crippen LogP contribution in [0.15, 0.2) is 52.9 Å². The molecule has 0 saturated carbocycles. The van der Waals surface area contributed by atoms with Gasteiger partial charge in [-0.15, -0.1) is 23.7 Å². The summed E-state index contributed by atoms with van der Waals surface area (Å²) in [7, 11) is 4.05. The summed E-state index contributed by atoms with van der Waals surface area (Å²) in [4.78, 5) is 18.8. The third-order valence-corrected chi connectivity index (χ3v) is 5.79. The van der Waals surface area contributed by atoms with Crippen molar-refractivity contribution in [2.45, 2.75) is 19.5 Å². The zero-order chi connectivity index (χ0) is 19.5. The number of hydrogen-bond acceptors (Lipinski definition) is 4. The fourth-order valence-electron chi connectivity index (χ4n) is 3.41. The van der Waals surface area contributed by atoms with Crippen LogP contribution < -0.4 is 0 Å². The van der Waals surface area contributed by atoms with E-state index in [1.807, 2.05) is 49.3 Å². The van der Waals surface area contributed by atoms with E-state index in [9.17, 15) is 4.79 Å². The maximum absolute atomic E-state index is 13.0. The number of thiophene rings is 1. The number of nitrogens with zero attached hydrogens (tertiary/aromatic N) is 2. The lowest BCUT2D eigenvalue weighted by atomic mass is 10.1. The first-order chi connectivity index (χ1) is 13.6. The molecule has 0 radical (unpaired) electrons. The van der Waals surface area contributed by atoms with Gasteiger partial charge in [-0.05, 0) is 43.9 Å². The Morgan fingerprint density at radius 3 is 2.72 bits per heavy atom. The highest BCUT2D eigenvalue weighted by Crippen LogP contribution is 2.27. The first-order valence-electron chi connectivity index (χ1n) is 9.46. The molecule has 1 amide bonds. The van der Waals surface area contributed by atoms with E-state index in [1.54, 1.807) is 11.3 Å². The number of hydrogen-bond donors (Lipinski definition) is 0. The van der Waals surface area contributed by atoms with E-state index in [1.165, 1.54) is 0 Å². The third-order valence-electron chi connectivity index (χ3n) is 4.75. The number of furan rings is 1. The number of carbonyl (C=O) groups is 1. The molecule has 0 saturated heterocycles. The van der Waals surface area contributed by atoms with Crippen LogP contribution in [0.4, 0.5) is 0 Å². The standard InChI is InChI=1S/C23H24N2O2S.ClH/c1-24(2)16-19-14-18-15-25(13-12-21(18)27-19)23(26)22-11-10-20(28-22)9-8-17-6-4-3-5-7-17;/h3-11,14H,12-13,15-16H2,1-2H3;1H/b9-8-;. The minimum Gasteiger partial charge on any atom is -0.464 e. The maximum Gasteiger partial charge on any atom is 0.264 e. The molecule has 0 unspecified atom stereocenters. The molecule has 0 aliphatic carbocycles. The van der Waals surface area contributed by atoms with Crippen molar-refractivity contribution in [1.29, 1.82) is 0 Å². The second-order valence-corrected chi connectivity index (χ2v) is 8.44. The Hall–Kier alpha value is -2.34. The van der Waals surface area contributed by atoms with Crippen LogP contribution in [0.2, 0.25) is 0 Å². The van der Waals surface area contributed by atoms with Crippen molar-refractivity contribution in [2.75, 3.05) is 20.6 Å². The highest BCUT2D eigenvalue weighted by molar-refractivity contribution is 7.14. The van der Waals surface area contributed by atoms with E-state index in [0.29, 0.717) is 13.1 Å². The Balaban J connectivity index is 0.00000240. The molecule has 6 heteroatoms. The first-order valence-corrected chi connectivity index (χ1v) is 10.3. The average molecular weight is 429 g/mol. The van der Waals surface area contributed by atoms with Crippen LogP contribution in [0.1, 0.15) is 37.2 Å². The average Bonchev–Trinajstić information content (AvgIpc) is 3.32. The topological polar surface area (TPSA) is 36.7 Å². The van der Waals surface area contributed by atoms with Gasteiger partial charge in [0.1, 0.15) is 11.5 Å². The predicted octanol–water partition coefficient (Wildman–Crippen LogP) is 5.19. The van der Waals surface area contributed by atoms with Crippen LogP contribution in [0.3, 0.4) is 0 Å². The Morgan fingerprint density at radius 1 is 1.17 bits per heavy atom. The Bertz CT molecular complexity index is 991. The molecule has 0 fully saturated rings. The van der Waals surface area contributed by atoms with Crippen molar-refractivity contribution in [3.63, 3.8) is 0 Å². The van der Waals surface area contributed by atoms with Gasteiger partial charge >= 0.3 is 0 Å². The van der Waals surface area contributed by atoms with Crippen molar-refractivity contribution in [3.05, 3.63) is 80.9 Å². The van der Waals surface area contributed by atoms with Crippen molar-refractivity contribution in [2.24, 2.45) is 0 Å². The van der Waals surface area contributed by atoms with Gasteiger partial charge in [-0.1, -0.05) is 36.4 Å². The molecule has 4 nitrogen and oxygen atoms in total. The molecule has 2 aromatic heterocycles. The molecule has 1 aliphatic heterocycles. The summed E-state index contributed by atoms with van der Waals surface area (Å²) in [6, 6.07) is 16.2. The van der Waals surface area contributed by atoms with Gasteiger partial charge in [-0.25, -0.2) is 0 Å². The Morgan fingerprint density at radius 2 is 1.97 bits per heavy atom. The molecule has 0 bridgehead atoms. The van der Waals surface area contributed by atoms with Crippen LogP contribution in [-0.4, -0.2) is 36.3 Å². The fourth-order valence-corrected chi connectivity index (χ4v) is 4.29. The quantitative estimate of drug-likeness (QED) is 0.560. The second kappa shape index (κ2) is 9.44. The molecule has 4 rings (SSSR count). The number of amides is 1. The monoisotopic (exact) mass is 428 g/mol. The number of carbonyl (C=O) groups excluding carboxylic acids is 1. The van der Waals surface area contributed by atoms with Crippen molar-refractivity contribution >= 4 is 41.8 Å². The molecule has 0 N–H and O–H groups in total. The molecular formula is C23H25ClN2O2S. The zero-order valence-corrected chi connectivity index (χ0v) is 18.3. The largest absolute Gasteiger partial charge is 0.464 e. The Labute approximate surface area is 181 Å². The lowest BCUT2D eigenvalue weighted by Crippen LogP contribution is -2.35. The zero-order valence-electron chi connectivity index (χ0n) is 16.6. The predicted molar refractivity (Wildman–Crippen MR) is 121 cm³/mol. The number of fused-ring (bicyclic) bond motifs is 1. The van der Waals surface area contributed by atoms with E-state index in [4.69, 9.17) is 4.42 Å². The summed E-state index contributed by atoms with van der Waals surface area (Å²) in [5, 5.41) is 0. The molecule has 3 heterocycles. The minimum atomic E-state index is 0. The van der Waals surface area contributed by atoms with Gasteiger partial charge in [0.25, 0.3) is 5.91 Å². The van der Waals surface area contributed by atoms with E-state index in [2.05, 4.69) is 35.3 Å². The lowest BCUT2D eigenvalue weighted by molar-refractivity contribution is 0.0734. The van der Waals surface area contributed by atoms with Gasteiger partial charge in [0.2, 0.25) is 0 Å². The van der Waals surface area contributed by atoms with Gasteiger partial charge in [-0.3, -0.25) is 4.79 Å². The highest BCUT2D eigenvalue weighted by atomic mass is 35.5. The van der Waals surface area contributed by atoms with Crippen molar-refractivity contribution in [3.8, 4) is 0 Å². The van der Waals surface area contributed by atoms with Crippen LogP contribution in [0.5, 0.6) is 0 Å². The number of rotatable bonds is 5. The molecule has 1 aromatic carbocycles. The smallest absolute Gasteiger partial charge is 0.264 e. The molecule has 29 heavy (non-hydrogen) atoms. The highest BCUT2D eigenvalue weighted by Gasteiger charge is 2.25. The summed E-state index contributed by atoms with van der Waals surface area (Å²) in [5.74, 6) is 2.10. The summed E-state index contributed by atoms with van der Waals surface area (Å²) in [6.07, 6.45) is 4.92. The van der Waals surface area contributed by atoms with Gasteiger partial charge in [0, 0.05) is 30.0 Å². The van der Waals surface area contributed by atoms with E-state index in [-0.39, 0.29) is 18.3 Å². The summed E-state index contributed by atoms with van der Waals surface area (Å²) < 4.78 is 5.94. The molecule has 152 valence electrons. The second-order valence-electron chi connectivity index (χ2n) is 7.32. The molecule has 0 atom stereocenters. The third kappa shape index (κ3) is 5.18. The van der Waals surface area contributed by atoms with E-state index in [0.717, 1.165) is 45.4 Å². The molecular weight excluding hydrogens is 404 g/mol. The van der Waals surface area contributed by atoms with Crippen LogP contribution >= 0.6 is 23.7 Å². The molecule has 3 aromatic rings. The van der Waals surface area contributed by atoms with Gasteiger partial charge in [0.05, 0.1) is 11.4 Å². The normalized spacial score (nSPS) is 13.6. The van der Waals surface area contributed by atoms with Crippen molar-refractivity contribution < 1.29 is 9.21 Å².